The van der Waals surface area contributed by atoms with Gasteiger partial charge in [0.1, 0.15) is 0 Å². The number of hydrogen-bond donors (Lipinski definition) is 0. The van der Waals surface area contributed by atoms with E-state index in [9.17, 15) is 36.2 Å². The van der Waals surface area contributed by atoms with Crippen LogP contribution in [0.3, 0.4) is 0 Å². The van der Waals surface area contributed by atoms with Crippen molar-refractivity contribution in [1.82, 2.24) is 0 Å². The third-order valence-corrected chi connectivity index (χ3v) is 2.55. The quantitative estimate of drug-likeness (QED) is 0.631. The van der Waals surface area contributed by atoms with Crippen molar-refractivity contribution in [3.05, 3.63) is 35.9 Å². The molecule has 0 aliphatic heterocycles. The molecule has 1 aromatic rings. The van der Waals surface area contributed by atoms with Crippen LogP contribution in [0.5, 0.6) is 0 Å². The number of halogens is 6. The Morgan fingerprint density at radius 2 is 1.48 bits per heavy atom. The Morgan fingerprint density at radius 3 is 1.90 bits per heavy atom. The fourth-order valence-electron chi connectivity index (χ4n) is 1.40. The number of alkyl halides is 6. The molecule has 0 aliphatic rings. The molecule has 9 heteroatoms. The first-order chi connectivity index (χ1) is 9.50. The van der Waals surface area contributed by atoms with Crippen molar-refractivity contribution in [2.45, 2.75) is 24.4 Å². The van der Waals surface area contributed by atoms with E-state index in [4.69, 9.17) is 0 Å². The Hall–Kier alpha value is -1.77. The summed E-state index contributed by atoms with van der Waals surface area (Å²) in [6.45, 7) is -0.765. The summed E-state index contributed by atoms with van der Waals surface area (Å²) in [5.41, 5.74) is -5.25. The highest BCUT2D eigenvalue weighted by atomic mass is 19.4. The number of carbonyl (C=O) groups is 1. The minimum atomic E-state index is -6.34. The van der Waals surface area contributed by atoms with Crippen molar-refractivity contribution in [3.8, 4) is 0 Å². The molecule has 0 aromatic heterocycles. The van der Waals surface area contributed by atoms with E-state index in [1.165, 1.54) is 12.1 Å². The van der Waals surface area contributed by atoms with Crippen LogP contribution in [0.15, 0.2) is 30.3 Å². The molecular weight excluding hydrogens is 306 g/mol. The van der Waals surface area contributed by atoms with Crippen LogP contribution >= 0.6 is 0 Å². The molecule has 0 N–H and O–H groups in total. The van der Waals surface area contributed by atoms with Gasteiger partial charge in [0.2, 0.25) is 0 Å². The van der Waals surface area contributed by atoms with Crippen molar-refractivity contribution in [2.75, 3.05) is 6.61 Å². The Bertz CT molecular complexity index is 466. The van der Waals surface area contributed by atoms with Crippen LogP contribution in [0.2, 0.25) is 0 Å². The van der Waals surface area contributed by atoms with Gasteiger partial charge in [-0.3, -0.25) is 4.79 Å². The molecule has 0 unspecified atom stereocenters. The molecule has 0 atom stereocenters. The normalized spacial score (nSPS) is 13.1. The molecule has 0 heterocycles. The Morgan fingerprint density at radius 1 is 1.00 bits per heavy atom. The first-order valence-corrected chi connectivity index (χ1v) is 5.55. The molecule has 118 valence electrons. The van der Waals surface area contributed by atoms with Crippen LogP contribution in [-0.4, -0.2) is 30.5 Å². The highest BCUT2D eigenvalue weighted by molar-refractivity contribution is 5.81. The monoisotopic (exact) mass is 315 g/mol. The van der Waals surface area contributed by atoms with Crippen LogP contribution in [-0.2, 0) is 16.0 Å². The standard InChI is InChI=1S/C12H9F6O3/c13-11(14,15)10(20,12(16,17)18)9(19)21-7-6-8-4-2-1-3-5-8/h1-5H,6-7H2/q-1. The summed E-state index contributed by atoms with van der Waals surface area (Å²) in [6, 6.07) is 7.88. The molecule has 21 heavy (non-hydrogen) atoms. The van der Waals surface area contributed by atoms with Crippen molar-refractivity contribution >= 4 is 5.97 Å². The second-order valence-electron chi connectivity index (χ2n) is 4.05. The summed E-state index contributed by atoms with van der Waals surface area (Å²) in [5, 5.41) is 11.0. The molecule has 0 aliphatic carbocycles. The second kappa shape index (κ2) is 5.92. The fraction of sp³-hybridized carbons (Fsp3) is 0.417. The average molecular weight is 315 g/mol. The predicted octanol–water partition coefficient (Wildman–Crippen LogP) is 2.00. The molecule has 0 fully saturated rings. The maximum Gasteiger partial charge on any atom is 0.399 e. The highest BCUT2D eigenvalue weighted by Gasteiger charge is 2.68. The van der Waals surface area contributed by atoms with Crippen molar-refractivity contribution < 1.29 is 41.0 Å². The lowest BCUT2D eigenvalue weighted by molar-refractivity contribution is -0.574. The summed E-state index contributed by atoms with van der Waals surface area (Å²) in [7, 11) is 0. The van der Waals surface area contributed by atoms with Gasteiger partial charge in [-0.15, -0.1) is 0 Å². The van der Waals surface area contributed by atoms with Crippen LogP contribution < -0.4 is 5.11 Å². The Kier molecular flexibility index (Phi) is 4.87. The van der Waals surface area contributed by atoms with E-state index >= 15 is 0 Å². The molecule has 1 aromatic carbocycles. The van der Waals surface area contributed by atoms with Gasteiger partial charge in [0.15, 0.2) is 5.60 Å². The van der Waals surface area contributed by atoms with Crippen molar-refractivity contribution in [2.24, 2.45) is 0 Å². The number of benzene rings is 1. The number of carbonyl (C=O) groups excluding carboxylic acids is 1. The lowest BCUT2D eigenvalue weighted by Gasteiger charge is -2.40. The summed E-state index contributed by atoms with van der Waals surface area (Å²) < 4.78 is 77.5. The Balaban J connectivity index is 2.76. The van der Waals surface area contributed by atoms with Gasteiger partial charge in [-0.1, -0.05) is 30.3 Å². The van der Waals surface area contributed by atoms with E-state index in [1.807, 2.05) is 0 Å². The van der Waals surface area contributed by atoms with Gasteiger partial charge in [-0.05, 0) is 5.56 Å². The van der Waals surface area contributed by atoms with E-state index in [1.54, 1.807) is 18.2 Å². The lowest BCUT2D eigenvalue weighted by Crippen LogP contribution is -2.71. The highest BCUT2D eigenvalue weighted by Crippen LogP contribution is 2.41. The summed E-state index contributed by atoms with van der Waals surface area (Å²) in [5.74, 6) is -2.90. The molecule has 0 spiro atoms. The maximum atomic E-state index is 12.3. The van der Waals surface area contributed by atoms with Crippen LogP contribution in [0.25, 0.3) is 0 Å². The van der Waals surface area contributed by atoms with E-state index < -0.39 is 30.5 Å². The zero-order valence-corrected chi connectivity index (χ0v) is 10.3. The molecule has 0 bridgehead atoms. The molecule has 1 rings (SSSR count). The van der Waals surface area contributed by atoms with E-state index in [2.05, 4.69) is 4.74 Å². The number of rotatable bonds is 4. The smallest absolute Gasteiger partial charge is 0.399 e. The number of hydrogen-bond acceptors (Lipinski definition) is 3. The zero-order valence-electron chi connectivity index (χ0n) is 10.3. The summed E-state index contributed by atoms with van der Waals surface area (Å²) in [6.07, 6.45) is -12.8. The lowest BCUT2D eigenvalue weighted by atomic mass is 10.0. The van der Waals surface area contributed by atoms with Crippen molar-refractivity contribution in [1.29, 1.82) is 0 Å². The minimum Gasteiger partial charge on any atom is -0.828 e. The fourth-order valence-corrected chi connectivity index (χ4v) is 1.40. The second-order valence-corrected chi connectivity index (χ2v) is 4.05. The molecule has 0 radical (unpaired) electrons. The molecule has 0 saturated carbocycles. The largest absolute Gasteiger partial charge is 0.828 e. The summed E-state index contributed by atoms with van der Waals surface area (Å²) in [4.78, 5) is 11.0. The molecular formula is C12H9F6O3-. The maximum absolute atomic E-state index is 12.3. The van der Waals surface area contributed by atoms with Crippen LogP contribution in [0, 0.1) is 0 Å². The van der Waals surface area contributed by atoms with E-state index in [-0.39, 0.29) is 6.42 Å². The average Bonchev–Trinajstić information content (AvgIpc) is 2.36. The third-order valence-electron chi connectivity index (χ3n) is 2.55. The molecule has 3 nitrogen and oxygen atoms in total. The van der Waals surface area contributed by atoms with Gasteiger partial charge >= 0.3 is 18.3 Å². The van der Waals surface area contributed by atoms with Gasteiger partial charge in [-0.25, -0.2) is 0 Å². The van der Waals surface area contributed by atoms with Gasteiger partial charge in [0, 0.05) is 6.42 Å². The van der Waals surface area contributed by atoms with Gasteiger partial charge in [-0.2, -0.15) is 26.3 Å². The minimum absolute atomic E-state index is 0.113. The first kappa shape index (κ1) is 17.3. The zero-order chi connectivity index (χ0) is 16.3. The van der Waals surface area contributed by atoms with E-state index in [0.29, 0.717) is 5.56 Å². The molecule has 0 amide bonds. The first-order valence-electron chi connectivity index (χ1n) is 5.55. The summed E-state index contributed by atoms with van der Waals surface area (Å²) >= 11 is 0. The predicted molar refractivity (Wildman–Crippen MR) is 55.9 cm³/mol. The van der Waals surface area contributed by atoms with E-state index in [0.717, 1.165) is 0 Å². The van der Waals surface area contributed by atoms with Gasteiger partial charge in [0.25, 0.3) is 0 Å². The third kappa shape index (κ3) is 3.66. The number of esters is 1. The Labute approximate surface area is 115 Å². The van der Waals surface area contributed by atoms with Gasteiger partial charge in [0.05, 0.1) is 6.61 Å². The topological polar surface area (TPSA) is 49.4 Å². The van der Waals surface area contributed by atoms with Gasteiger partial charge < -0.3 is 9.84 Å². The van der Waals surface area contributed by atoms with Crippen LogP contribution in [0.4, 0.5) is 26.3 Å². The van der Waals surface area contributed by atoms with Crippen LogP contribution in [0.1, 0.15) is 5.56 Å². The van der Waals surface area contributed by atoms with Crippen molar-refractivity contribution in [3.63, 3.8) is 0 Å². The number of ether oxygens (including phenoxy) is 1. The SMILES string of the molecule is O=C(OCCc1ccccc1)C([O-])(C(F)(F)F)C(F)(F)F. The molecule has 0 saturated heterocycles.